The number of hydrogen-bond acceptors (Lipinski definition) is 4. The lowest BCUT2D eigenvalue weighted by Gasteiger charge is -2.08. The van der Waals surface area contributed by atoms with Crippen LogP contribution in [-0.2, 0) is 24.3 Å². The lowest BCUT2D eigenvalue weighted by atomic mass is 10.1. The maximum Gasteiger partial charge on any atom is 0.264 e. The van der Waals surface area contributed by atoms with E-state index in [4.69, 9.17) is 11.6 Å². The third-order valence-electron chi connectivity index (χ3n) is 4.84. The fraction of sp³-hybridized carbons (Fsp3) is 0.182. The molecule has 0 aliphatic carbocycles. The summed E-state index contributed by atoms with van der Waals surface area (Å²) in [5.74, 6) is -0.501. The van der Waals surface area contributed by atoms with E-state index in [0.717, 1.165) is 5.56 Å². The topological polar surface area (TPSA) is 81.8 Å². The van der Waals surface area contributed by atoms with Crippen LogP contribution < -0.4 is 10.9 Å². The number of hydrogen-bond donors (Lipinski definition) is 1. The molecule has 0 saturated carbocycles. The van der Waals surface area contributed by atoms with Crippen LogP contribution in [0.4, 0.5) is 4.39 Å². The minimum Gasteiger partial charge on any atom is -0.354 e. The van der Waals surface area contributed by atoms with Crippen LogP contribution in [0.25, 0.3) is 11.0 Å². The van der Waals surface area contributed by atoms with Crippen molar-refractivity contribution in [2.45, 2.75) is 19.5 Å². The molecular formula is C22H19ClFN5O2. The van der Waals surface area contributed by atoms with Gasteiger partial charge in [-0.25, -0.2) is 14.1 Å². The monoisotopic (exact) mass is 439 g/mol. The maximum absolute atomic E-state index is 13.9. The smallest absolute Gasteiger partial charge is 0.264 e. The molecule has 0 saturated heterocycles. The van der Waals surface area contributed by atoms with Gasteiger partial charge >= 0.3 is 0 Å². The minimum absolute atomic E-state index is 0.0837. The SMILES string of the molecule is O=C(Cc1ccc(Cl)cc1)NCCn1ncc2c(=O)n(Cc3ccccc3F)cnc21. The second-order valence-corrected chi connectivity index (χ2v) is 7.46. The first-order valence-electron chi connectivity index (χ1n) is 9.67. The van der Waals surface area contributed by atoms with Crippen molar-refractivity contribution >= 4 is 28.5 Å². The van der Waals surface area contributed by atoms with Crippen molar-refractivity contribution in [1.82, 2.24) is 24.6 Å². The first-order valence-corrected chi connectivity index (χ1v) is 10.0. The summed E-state index contributed by atoms with van der Waals surface area (Å²) in [6.45, 7) is 0.781. The normalized spacial score (nSPS) is 11.0. The van der Waals surface area contributed by atoms with Crippen molar-refractivity contribution in [3.63, 3.8) is 0 Å². The zero-order valence-corrected chi connectivity index (χ0v) is 17.2. The Bertz CT molecular complexity index is 1280. The molecule has 0 bridgehead atoms. The fourth-order valence-electron chi connectivity index (χ4n) is 3.24. The number of nitrogens with zero attached hydrogens (tertiary/aromatic N) is 4. The molecule has 2 aromatic heterocycles. The van der Waals surface area contributed by atoms with Gasteiger partial charge in [0.15, 0.2) is 5.65 Å². The molecule has 31 heavy (non-hydrogen) atoms. The summed E-state index contributed by atoms with van der Waals surface area (Å²) < 4.78 is 16.8. The van der Waals surface area contributed by atoms with Crippen molar-refractivity contribution in [3.05, 3.63) is 93.4 Å². The number of nitrogens with one attached hydrogen (secondary N) is 1. The van der Waals surface area contributed by atoms with Crippen LogP contribution in [0.1, 0.15) is 11.1 Å². The number of fused-ring (bicyclic) bond motifs is 1. The van der Waals surface area contributed by atoms with Gasteiger partial charge in [-0.2, -0.15) is 5.10 Å². The molecule has 0 unspecified atom stereocenters. The Labute approximate surface area is 182 Å². The van der Waals surface area contributed by atoms with Gasteiger partial charge in [0.2, 0.25) is 5.91 Å². The molecule has 0 aliphatic rings. The first-order chi connectivity index (χ1) is 15.0. The van der Waals surface area contributed by atoms with Crippen molar-refractivity contribution in [3.8, 4) is 0 Å². The van der Waals surface area contributed by atoms with Crippen molar-refractivity contribution in [2.24, 2.45) is 0 Å². The van der Waals surface area contributed by atoms with Gasteiger partial charge in [0.05, 0.1) is 25.7 Å². The van der Waals surface area contributed by atoms with Crippen molar-refractivity contribution < 1.29 is 9.18 Å². The van der Waals surface area contributed by atoms with Crippen molar-refractivity contribution in [1.29, 1.82) is 0 Å². The predicted octanol–water partition coefficient (Wildman–Crippen LogP) is 2.79. The Hall–Kier alpha value is -3.52. The van der Waals surface area contributed by atoms with E-state index in [2.05, 4.69) is 15.4 Å². The average molecular weight is 440 g/mol. The third-order valence-corrected chi connectivity index (χ3v) is 5.10. The molecule has 4 aromatic rings. The number of carbonyl (C=O) groups excluding carboxylic acids is 1. The van der Waals surface area contributed by atoms with Crippen molar-refractivity contribution in [2.75, 3.05) is 6.54 Å². The lowest BCUT2D eigenvalue weighted by molar-refractivity contribution is -0.120. The van der Waals surface area contributed by atoms with Crippen LogP contribution in [0, 0.1) is 5.82 Å². The zero-order valence-electron chi connectivity index (χ0n) is 16.5. The number of benzene rings is 2. The molecule has 2 heterocycles. The van der Waals surface area contributed by atoms with E-state index in [-0.39, 0.29) is 30.2 Å². The van der Waals surface area contributed by atoms with Crippen LogP contribution in [-0.4, -0.2) is 31.8 Å². The van der Waals surface area contributed by atoms with Crippen LogP contribution in [0.2, 0.25) is 5.02 Å². The molecule has 1 amide bonds. The third kappa shape index (κ3) is 4.80. The average Bonchev–Trinajstić information content (AvgIpc) is 3.17. The Morgan fingerprint density at radius 2 is 1.90 bits per heavy atom. The molecule has 9 heteroatoms. The Kier molecular flexibility index (Phi) is 6.08. The highest BCUT2D eigenvalue weighted by Crippen LogP contribution is 2.11. The Balaban J connectivity index is 1.40. The van der Waals surface area contributed by atoms with Crippen LogP contribution in [0.15, 0.2) is 65.8 Å². The van der Waals surface area contributed by atoms with E-state index in [1.807, 2.05) is 0 Å². The van der Waals surface area contributed by atoms with Crippen LogP contribution >= 0.6 is 11.6 Å². The summed E-state index contributed by atoms with van der Waals surface area (Å²) >= 11 is 5.85. The van der Waals surface area contributed by atoms with Crippen LogP contribution in [0.3, 0.4) is 0 Å². The second-order valence-electron chi connectivity index (χ2n) is 7.03. The summed E-state index contributed by atoms with van der Waals surface area (Å²) in [5.41, 5.74) is 1.39. The number of rotatable bonds is 7. The van der Waals surface area contributed by atoms with Gasteiger partial charge in [0, 0.05) is 17.1 Å². The van der Waals surface area contributed by atoms with E-state index in [1.54, 1.807) is 47.1 Å². The van der Waals surface area contributed by atoms with E-state index >= 15 is 0 Å². The molecule has 1 N–H and O–H groups in total. The lowest BCUT2D eigenvalue weighted by Crippen LogP contribution is -2.29. The highest BCUT2D eigenvalue weighted by molar-refractivity contribution is 6.30. The van der Waals surface area contributed by atoms with Gasteiger partial charge in [-0.15, -0.1) is 0 Å². The number of carbonyl (C=O) groups is 1. The standard InChI is InChI=1S/C22H19ClFN5O2/c23-17-7-5-15(6-8-17)11-20(30)25-9-10-29-21-18(12-27-29)22(31)28(14-26-21)13-16-3-1-2-4-19(16)24/h1-8,12,14H,9-11,13H2,(H,25,30). The molecule has 2 aromatic carbocycles. The fourth-order valence-corrected chi connectivity index (χ4v) is 3.36. The highest BCUT2D eigenvalue weighted by Gasteiger charge is 2.12. The summed E-state index contributed by atoms with van der Waals surface area (Å²) in [6.07, 6.45) is 3.07. The molecule has 0 aliphatic heterocycles. The molecule has 4 rings (SSSR count). The molecule has 0 fully saturated rings. The number of halogens is 2. The first kappa shape index (κ1) is 20.7. The number of aromatic nitrogens is 4. The molecule has 7 nitrogen and oxygen atoms in total. The van der Waals surface area contributed by atoms with E-state index in [9.17, 15) is 14.0 Å². The second kappa shape index (κ2) is 9.09. The zero-order chi connectivity index (χ0) is 21.8. The molecular weight excluding hydrogens is 421 g/mol. The van der Waals surface area contributed by atoms with E-state index in [0.29, 0.717) is 34.7 Å². The van der Waals surface area contributed by atoms with Gasteiger partial charge in [-0.1, -0.05) is 41.9 Å². The summed E-state index contributed by atoms with van der Waals surface area (Å²) in [7, 11) is 0. The quantitative estimate of drug-likeness (QED) is 0.480. The molecule has 0 atom stereocenters. The molecule has 158 valence electrons. The summed E-state index contributed by atoms with van der Waals surface area (Å²) in [4.78, 5) is 29.2. The Morgan fingerprint density at radius 1 is 1.13 bits per heavy atom. The number of amides is 1. The van der Waals surface area contributed by atoms with E-state index < -0.39 is 0 Å². The molecule has 0 radical (unpaired) electrons. The molecule has 0 spiro atoms. The summed E-state index contributed by atoms with van der Waals surface area (Å²) in [6, 6.07) is 13.4. The van der Waals surface area contributed by atoms with Gasteiger partial charge < -0.3 is 5.32 Å². The van der Waals surface area contributed by atoms with Gasteiger partial charge in [-0.3, -0.25) is 14.2 Å². The van der Waals surface area contributed by atoms with E-state index in [1.165, 1.54) is 23.2 Å². The van der Waals surface area contributed by atoms with Crippen LogP contribution in [0.5, 0.6) is 0 Å². The summed E-state index contributed by atoms with van der Waals surface area (Å²) in [5, 5.41) is 8.00. The minimum atomic E-state index is -0.375. The van der Waals surface area contributed by atoms with Gasteiger partial charge in [0.25, 0.3) is 5.56 Å². The largest absolute Gasteiger partial charge is 0.354 e. The Morgan fingerprint density at radius 3 is 2.68 bits per heavy atom. The highest BCUT2D eigenvalue weighted by atomic mass is 35.5. The van der Waals surface area contributed by atoms with Gasteiger partial charge in [-0.05, 0) is 23.8 Å². The maximum atomic E-state index is 13.9. The van der Waals surface area contributed by atoms with Gasteiger partial charge in [0.1, 0.15) is 17.5 Å². The predicted molar refractivity (Wildman–Crippen MR) is 115 cm³/mol.